The highest BCUT2D eigenvalue weighted by molar-refractivity contribution is 5.85. The van der Waals surface area contributed by atoms with E-state index in [-0.39, 0.29) is 24.4 Å². The molecular weight excluding hydrogens is 392 g/mol. The first kappa shape index (κ1) is 29.1. The summed E-state index contributed by atoms with van der Waals surface area (Å²) < 4.78 is 0. The quantitative estimate of drug-likeness (QED) is 0.281. The van der Waals surface area contributed by atoms with Crippen LogP contribution in [0.5, 0.6) is 0 Å². The number of rotatable bonds is 9. The number of ketones is 2. The average Bonchev–Trinajstić information content (AvgIpc) is 2.52. The first-order valence-corrected chi connectivity index (χ1v) is 10.2. The van der Waals surface area contributed by atoms with Gasteiger partial charge in [-0.3, -0.25) is 9.59 Å². The maximum absolute atomic E-state index is 12.7. The SMILES string of the molecule is CC(C)(C)C(=O)CC(OO)(OOC(CC(=O)C(C)(C)C)(OO)C(C)(C)C)C(C)(C)C. The van der Waals surface area contributed by atoms with Gasteiger partial charge in [0.25, 0.3) is 0 Å². The van der Waals surface area contributed by atoms with Crippen LogP contribution < -0.4 is 0 Å². The molecule has 0 heterocycles. The van der Waals surface area contributed by atoms with E-state index in [0.29, 0.717) is 0 Å². The van der Waals surface area contributed by atoms with E-state index >= 15 is 0 Å². The molecule has 0 aromatic carbocycles. The zero-order valence-electron chi connectivity index (χ0n) is 20.8. The lowest BCUT2D eigenvalue weighted by atomic mass is 9.77. The Labute approximate surface area is 181 Å². The highest BCUT2D eigenvalue weighted by Crippen LogP contribution is 2.45. The summed E-state index contributed by atoms with van der Waals surface area (Å²) in [7, 11) is 0. The van der Waals surface area contributed by atoms with Crippen molar-refractivity contribution in [3.63, 3.8) is 0 Å². The molecule has 178 valence electrons. The minimum absolute atomic E-state index is 0.243. The maximum atomic E-state index is 12.7. The number of Topliss-reactive ketones (excluding diaryl/α,β-unsaturated/α-hetero) is 2. The molecule has 0 aliphatic carbocycles. The topological polar surface area (TPSA) is 112 Å². The van der Waals surface area contributed by atoms with Gasteiger partial charge in [-0.1, -0.05) is 83.1 Å². The molecule has 2 N–H and O–H groups in total. The molecule has 8 nitrogen and oxygen atoms in total. The summed E-state index contributed by atoms with van der Waals surface area (Å²) >= 11 is 0. The Bertz CT molecular complexity index is 547. The Kier molecular flexibility index (Phi) is 9.02. The van der Waals surface area contributed by atoms with Crippen LogP contribution in [0.2, 0.25) is 0 Å². The van der Waals surface area contributed by atoms with Crippen LogP contribution in [0.3, 0.4) is 0 Å². The first-order chi connectivity index (χ1) is 13.1. The van der Waals surface area contributed by atoms with E-state index < -0.39 is 33.2 Å². The molecule has 2 unspecified atom stereocenters. The van der Waals surface area contributed by atoms with Crippen LogP contribution in [-0.2, 0) is 29.1 Å². The Balaban J connectivity index is 6.18. The summed E-state index contributed by atoms with van der Waals surface area (Å²) in [5.41, 5.74) is -3.32. The molecule has 0 bridgehead atoms. The number of carbonyl (C=O) groups excluding carboxylic acids is 2. The van der Waals surface area contributed by atoms with Crippen LogP contribution in [-0.4, -0.2) is 33.7 Å². The van der Waals surface area contributed by atoms with E-state index in [0.717, 1.165) is 0 Å². The van der Waals surface area contributed by atoms with Gasteiger partial charge in [-0.25, -0.2) is 10.5 Å². The van der Waals surface area contributed by atoms with E-state index in [1.165, 1.54) is 0 Å². The van der Waals surface area contributed by atoms with Gasteiger partial charge in [0.2, 0.25) is 11.6 Å². The molecule has 2 atom stereocenters. The molecule has 0 saturated heterocycles. The summed E-state index contributed by atoms with van der Waals surface area (Å²) in [5, 5.41) is 19.6. The minimum Gasteiger partial charge on any atom is -0.299 e. The molecule has 8 heteroatoms. The van der Waals surface area contributed by atoms with Crippen molar-refractivity contribution in [3.05, 3.63) is 0 Å². The predicted octanol–water partition coefficient (Wildman–Crippen LogP) is 5.41. The van der Waals surface area contributed by atoms with Crippen LogP contribution in [0, 0.1) is 21.7 Å². The van der Waals surface area contributed by atoms with E-state index in [2.05, 4.69) is 0 Å². The molecule has 0 aliphatic rings. The van der Waals surface area contributed by atoms with Gasteiger partial charge in [0.05, 0.1) is 12.8 Å². The van der Waals surface area contributed by atoms with Crippen LogP contribution in [0.4, 0.5) is 0 Å². The van der Waals surface area contributed by atoms with Crippen LogP contribution in [0.15, 0.2) is 0 Å². The van der Waals surface area contributed by atoms with Crippen molar-refractivity contribution >= 4 is 11.6 Å². The molecular formula is C22H42O8. The van der Waals surface area contributed by atoms with Crippen molar-refractivity contribution in [2.75, 3.05) is 0 Å². The highest BCUT2D eigenvalue weighted by Gasteiger charge is 2.55. The summed E-state index contributed by atoms with van der Waals surface area (Å²) in [6.45, 7) is 20.6. The van der Waals surface area contributed by atoms with Gasteiger partial charge in [-0.05, 0) is 0 Å². The number of hydrogen-bond donors (Lipinski definition) is 2. The predicted molar refractivity (Wildman–Crippen MR) is 112 cm³/mol. The van der Waals surface area contributed by atoms with Crippen LogP contribution in [0.25, 0.3) is 0 Å². The zero-order valence-corrected chi connectivity index (χ0v) is 20.8. The van der Waals surface area contributed by atoms with Crippen molar-refractivity contribution in [1.82, 2.24) is 0 Å². The maximum Gasteiger partial charge on any atom is 0.245 e. The molecule has 0 fully saturated rings. The largest absolute Gasteiger partial charge is 0.299 e. The fourth-order valence-corrected chi connectivity index (χ4v) is 2.30. The van der Waals surface area contributed by atoms with Gasteiger partial charge in [-0.2, -0.15) is 19.6 Å². The molecule has 0 rings (SSSR count). The zero-order chi connectivity index (χ0) is 24.4. The Hall–Kier alpha value is -0.900. The molecule has 0 aromatic rings. The van der Waals surface area contributed by atoms with E-state index in [1.54, 1.807) is 83.1 Å². The van der Waals surface area contributed by atoms with Gasteiger partial charge >= 0.3 is 0 Å². The van der Waals surface area contributed by atoms with Crippen LogP contribution in [0.1, 0.15) is 95.9 Å². The summed E-state index contributed by atoms with van der Waals surface area (Å²) in [4.78, 5) is 46.0. The van der Waals surface area contributed by atoms with Crippen molar-refractivity contribution in [3.8, 4) is 0 Å². The molecule has 0 aromatic heterocycles. The Morgan fingerprint density at radius 3 is 0.933 bits per heavy atom. The molecule has 0 radical (unpaired) electrons. The summed E-state index contributed by atoms with van der Waals surface area (Å²) in [6.07, 6.45) is -0.676. The third-order valence-electron chi connectivity index (χ3n) is 5.35. The number of hydrogen-bond acceptors (Lipinski definition) is 8. The lowest BCUT2D eigenvalue weighted by molar-refractivity contribution is -0.595. The molecule has 0 spiro atoms. The highest BCUT2D eigenvalue weighted by atomic mass is 17.3. The summed E-state index contributed by atoms with van der Waals surface area (Å²) in [6, 6.07) is 0. The van der Waals surface area contributed by atoms with Crippen molar-refractivity contribution in [2.24, 2.45) is 21.7 Å². The standard InChI is InChI=1S/C22H42O8/c1-17(2,3)15(23)13-21(27-25,19(7,8)9)29-30-22(28-26,20(10,11)12)14-16(24)18(4,5)6/h25-26H,13-14H2,1-12H3. The van der Waals surface area contributed by atoms with Crippen molar-refractivity contribution < 1.29 is 39.7 Å². The van der Waals surface area contributed by atoms with E-state index in [1.807, 2.05) is 0 Å². The second-order valence-corrected chi connectivity index (χ2v) is 12.1. The minimum atomic E-state index is -1.92. The monoisotopic (exact) mass is 434 g/mol. The van der Waals surface area contributed by atoms with E-state index in [4.69, 9.17) is 19.6 Å². The van der Waals surface area contributed by atoms with Gasteiger partial charge in [0.1, 0.15) is 11.6 Å². The first-order valence-electron chi connectivity index (χ1n) is 10.2. The average molecular weight is 435 g/mol. The molecule has 30 heavy (non-hydrogen) atoms. The van der Waals surface area contributed by atoms with Crippen molar-refractivity contribution in [2.45, 2.75) is 108 Å². The van der Waals surface area contributed by atoms with Crippen molar-refractivity contribution in [1.29, 1.82) is 0 Å². The molecule has 0 aliphatic heterocycles. The van der Waals surface area contributed by atoms with Gasteiger partial charge in [0, 0.05) is 21.7 Å². The van der Waals surface area contributed by atoms with Gasteiger partial charge in [-0.15, -0.1) is 0 Å². The number of carbonyl (C=O) groups is 2. The smallest absolute Gasteiger partial charge is 0.245 e. The van der Waals surface area contributed by atoms with Gasteiger partial charge < -0.3 is 0 Å². The van der Waals surface area contributed by atoms with Gasteiger partial charge in [0.15, 0.2) is 0 Å². The lowest BCUT2D eigenvalue weighted by Gasteiger charge is -2.45. The molecule has 0 saturated carbocycles. The third-order valence-corrected chi connectivity index (χ3v) is 5.35. The fourth-order valence-electron chi connectivity index (χ4n) is 2.30. The normalized spacial score (nSPS) is 17.9. The molecule has 0 amide bonds. The van der Waals surface area contributed by atoms with Crippen LogP contribution >= 0.6 is 0 Å². The van der Waals surface area contributed by atoms with E-state index in [9.17, 15) is 20.1 Å². The summed E-state index contributed by atoms with van der Waals surface area (Å²) in [5.74, 6) is -4.33. The lowest BCUT2D eigenvalue weighted by Crippen LogP contribution is -2.56. The second-order valence-electron chi connectivity index (χ2n) is 12.1. The Morgan fingerprint density at radius 1 is 0.567 bits per heavy atom. The fraction of sp³-hybridized carbons (Fsp3) is 0.909. The second kappa shape index (κ2) is 9.30. The third kappa shape index (κ3) is 6.80. The Morgan fingerprint density at radius 2 is 0.800 bits per heavy atom.